The lowest BCUT2D eigenvalue weighted by molar-refractivity contribution is -0.384. The van der Waals surface area contributed by atoms with E-state index in [1.807, 2.05) is 0 Å². The number of nitrogens with one attached hydrogen (secondary N) is 1. The van der Waals surface area contributed by atoms with Gasteiger partial charge in [-0.25, -0.2) is 8.42 Å². The molecule has 0 amide bonds. The van der Waals surface area contributed by atoms with Gasteiger partial charge in [0, 0.05) is 12.3 Å². The van der Waals surface area contributed by atoms with Crippen molar-refractivity contribution in [3.05, 3.63) is 28.3 Å². The normalized spacial score (nSPS) is 10.9. The molecule has 0 saturated heterocycles. The van der Waals surface area contributed by atoms with E-state index in [-0.39, 0.29) is 29.4 Å². The van der Waals surface area contributed by atoms with Crippen LogP contribution in [0.2, 0.25) is 0 Å². The molecule has 0 fully saturated rings. The van der Waals surface area contributed by atoms with E-state index in [2.05, 4.69) is 10.1 Å². The van der Waals surface area contributed by atoms with Crippen LogP contribution in [0.25, 0.3) is 0 Å². The molecule has 0 aliphatic heterocycles. The maximum absolute atomic E-state index is 11.4. The fourth-order valence-corrected chi connectivity index (χ4v) is 2.07. The zero-order valence-corrected chi connectivity index (χ0v) is 11.8. The number of hydrogen-bond acceptors (Lipinski definition) is 7. The van der Waals surface area contributed by atoms with Crippen LogP contribution < -0.4 is 5.32 Å². The summed E-state index contributed by atoms with van der Waals surface area (Å²) >= 11 is 0. The van der Waals surface area contributed by atoms with E-state index in [0.29, 0.717) is 0 Å². The highest BCUT2D eigenvalue weighted by atomic mass is 32.2. The zero-order valence-electron chi connectivity index (χ0n) is 11.0. The van der Waals surface area contributed by atoms with Crippen LogP contribution in [0.1, 0.15) is 6.92 Å². The fourth-order valence-electron chi connectivity index (χ4n) is 1.43. The molecule has 8 nitrogen and oxygen atoms in total. The van der Waals surface area contributed by atoms with Gasteiger partial charge >= 0.3 is 5.97 Å². The Hall–Kier alpha value is -2.16. The standard InChI is InChI=1S/C11H14N2O6S/c1-3-19-11(14)7-12-9-6-8(20(2,17)18)4-5-10(9)13(15)16/h4-6,12H,3,7H2,1-2H3. The van der Waals surface area contributed by atoms with Crippen LogP contribution in [0.5, 0.6) is 0 Å². The van der Waals surface area contributed by atoms with Gasteiger partial charge in [0.2, 0.25) is 0 Å². The Morgan fingerprint density at radius 1 is 1.45 bits per heavy atom. The van der Waals surface area contributed by atoms with Crippen LogP contribution in [0.4, 0.5) is 11.4 Å². The smallest absolute Gasteiger partial charge is 0.325 e. The number of ether oxygens (including phenoxy) is 1. The number of nitro benzene ring substituents is 1. The summed E-state index contributed by atoms with van der Waals surface area (Å²) < 4.78 is 27.5. The Morgan fingerprint density at radius 2 is 2.10 bits per heavy atom. The number of carbonyl (C=O) groups is 1. The molecule has 0 unspecified atom stereocenters. The molecule has 1 aromatic rings. The predicted octanol–water partition coefficient (Wildman–Crippen LogP) is 0.973. The van der Waals surface area contributed by atoms with Crippen LogP contribution >= 0.6 is 0 Å². The third-order valence-corrected chi connectivity index (χ3v) is 3.43. The highest BCUT2D eigenvalue weighted by molar-refractivity contribution is 7.90. The summed E-state index contributed by atoms with van der Waals surface area (Å²) in [5.74, 6) is -0.591. The monoisotopic (exact) mass is 302 g/mol. The SMILES string of the molecule is CCOC(=O)CNc1cc(S(C)(=O)=O)ccc1[N+](=O)[O-]. The summed E-state index contributed by atoms with van der Waals surface area (Å²) in [7, 11) is -3.50. The topological polar surface area (TPSA) is 116 Å². The second kappa shape index (κ2) is 6.33. The molecule has 1 rings (SSSR count). The molecule has 0 bridgehead atoms. The van der Waals surface area contributed by atoms with Gasteiger partial charge < -0.3 is 10.1 Å². The summed E-state index contributed by atoms with van der Waals surface area (Å²) in [6.07, 6.45) is 0.989. The Bertz CT molecular complexity index is 626. The molecule has 20 heavy (non-hydrogen) atoms. The van der Waals surface area contributed by atoms with Crippen molar-refractivity contribution < 1.29 is 22.9 Å². The van der Waals surface area contributed by atoms with Crippen LogP contribution in [0, 0.1) is 10.1 Å². The van der Waals surface area contributed by atoms with Gasteiger partial charge in [-0.05, 0) is 19.1 Å². The van der Waals surface area contributed by atoms with Crippen molar-refractivity contribution >= 4 is 27.2 Å². The summed E-state index contributed by atoms with van der Waals surface area (Å²) in [4.78, 5) is 21.3. The van der Waals surface area contributed by atoms with Gasteiger partial charge in [-0.1, -0.05) is 0 Å². The minimum atomic E-state index is -3.50. The van der Waals surface area contributed by atoms with E-state index in [0.717, 1.165) is 24.5 Å². The van der Waals surface area contributed by atoms with E-state index in [9.17, 15) is 23.3 Å². The average Bonchev–Trinajstić information content (AvgIpc) is 2.35. The first-order valence-corrected chi connectivity index (χ1v) is 7.53. The third kappa shape index (κ3) is 4.19. The molecular weight excluding hydrogens is 288 g/mol. The van der Waals surface area contributed by atoms with Gasteiger partial charge in [-0.3, -0.25) is 14.9 Å². The number of carbonyl (C=O) groups excluding carboxylic acids is 1. The minimum Gasteiger partial charge on any atom is -0.465 e. The zero-order chi connectivity index (χ0) is 15.3. The molecule has 0 atom stereocenters. The molecule has 1 aromatic carbocycles. The largest absolute Gasteiger partial charge is 0.465 e. The number of nitro groups is 1. The molecule has 9 heteroatoms. The van der Waals surface area contributed by atoms with Crippen LogP contribution in [0.3, 0.4) is 0 Å². The Morgan fingerprint density at radius 3 is 2.60 bits per heavy atom. The van der Waals surface area contributed by atoms with Crippen molar-refractivity contribution in [3.8, 4) is 0 Å². The third-order valence-electron chi connectivity index (χ3n) is 2.32. The van der Waals surface area contributed by atoms with E-state index in [4.69, 9.17) is 0 Å². The first-order chi connectivity index (χ1) is 9.25. The van der Waals surface area contributed by atoms with Crippen molar-refractivity contribution in [2.75, 3.05) is 24.7 Å². The molecule has 0 aliphatic rings. The maximum Gasteiger partial charge on any atom is 0.325 e. The van der Waals surface area contributed by atoms with Gasteiger partial charge in [-0.2, -0.15) is 0 Å². The van der Waals surface area contributed by atoms with E-state index in [1.54, 1.807) is 6.92 Å². The highest BCUT2D eigenvalue weighted by Gasteiger charge is 2.18. The molecule has 110 valence electrons. The van der Waals surface area contributed by atoms with Crippen LogP contribution in [-0.4, -0.2) is 38.7 Å². The van der Waals surface area contributed by atoms with E-state index >= 15 is 0 Å². The molecule has 0 aromatic heterocycles. The van der Waals surface area contributed by atoms with Crippen molar-refractivity contribution in [2.45, 2.75) is 11.8 Å². The van der Waals surface area contributed by atoms with Gasteiger partial charge in [0.15, 0.2) is 9.84 Å². The van der Waals surface area contributed by atoms with Gasteiger partial charge in [0.25, 0.3) is 5.69 Å². The number of benzene rings is 1. The molecule has 0 radical (unpaired) electrons. The van der Waals surface area contributed by atoms with Gasteiger partial charge in [0.05, 0.1) is 16.4 Å². The summed E-state index contributed by atoms with van der Waals surface area (Å²) in [5, 5.41) is 13.4. The molecule has 0 heterocycles. The molecule has 0 spiro atoms. The predicted molar refractivity (Wildman–Crippen MR) is 71.3 cm³/mol. The average molecular weight is 302 g/mol. The van der Waals surface area contributed by atoms with E-state index in [1.165, 1.54) is 0 Å². The maximum atomic E-state index is 11.4. The van der Waals surface area contributed by atoms with Crippen molar-refractivity contribution in [3.63, 3.8) is 0 Å². The molecule has 0 saturated carbocycles. The summed E-state index contributed by atoms with van der Waals surface area (Å²) in [6, 6.07) is 3.33. The van der Waals surface area contributed by atoms with Crippen molar-refractivity contribution in [2.24, 2.45) is 0 Å². The van der Waals surface area contributed by atoms with Gasteiger partial charge in [0.1, 0.15) is 12.2 Å². The Labute approximate surface area is 115 Å². The number of nitrogens with zero attached hydrogens (tertiary/aromatic N) is 1. The number of anilines is 1. The minimum absolute atomic E-state index is 0.0500. The Kier molecular flexibility index (Phi) is 5.03. The number of hydrogen-bond donors (Lipinski definition) is 1. The second-order valence-electron chi connectivity index (χ2n) is 3.87. The van der Waals surface area contributed by atoms with Crippen molar-refractivity contribution in [1.82, 2.24) is 0 Å². The lowest BCUT2D eigenvalue weighted by Crippen LogP contribution is -2.17. The molecule has 1 N–H and O–H groups in total. The number of rotatable bonds is 6. The first-order valence-electron chi connectivity index (χ1n) is 5.63. The van der Waals surface area contributed by atoms with Crippen LogP contribution in [0.15, 0.2) is 23.1 Å². The molecule has 0 aliphatic carbocycles. The lowest BCUT2D eigenvalue weighted by atomic mass is 10.2. The summed E-state index contributed by atoms with van der Waals surface area (Å²) in [5.41, 5.74) is -0.368. The Balaban J connectivity index is 3.07. The first kappa shape index (κ1) is 15.9. The number of esters is 1. The van der Waals surface area contributed by atoms with Crippen molar-refractivity contribution in [1.29, 1.82) is 0 Å². The molecular formula is C11H14N2O6S. The quantitative estimate of drug-likeness (QED) is 0.473. The highest BCUT2D eigenvalue weighted by Crippen LogP contribution is 2.27. The van der Waals surface area contributed by atoms with Crippen LogP contribution in [-0.2, 0) is 19.4 Å². The van der Waals surface area contributed by atoms with E-state index < -0.39 is 20.7 Å². The number of sulfone groups is 1. The fraction of sp³-hybridized carbons (Fsp3) is 0.364. The lowest BCUT2D eigenvalue weighted by Gasteiger charge is -2.08. The second-order valence-corrected chi connectivity index (χ2v) is 5.88. The summed E-state index contributed by atoms with van der Waals surface area (Å²) in [6.45, 7) is 1.53. The van der Waals surface area contributed by atoms with Gasteiger partial charge in [-0.15, -0.1) is 0 Å².